The first-order chi connectivity index (χ1) is 12.2. The Bertz CT molecular complexity index is 700. The van der Waals surface area contributed by atoms with Gasteiger partial charge in [-0.25, -0.2) is 0 Å². The van der Waals surface area contributed by atoms with E-state index >= 15 is 0 Å². The van der Waals surface area contributed by atoms with E-state index in [1.54, 1.807) is 7.11 Å². The Morgan fingerprint density at radius 2 is 2.12 bits per heavy atom. The summed E-state index contributed by atoms with van der Waals surface area (Å²) in [6.45, 7) is 3.17. The Balaban J connectivity index is 1.71. The van der Waals surface area contributed by atoms with Crippen molar-refractivity contribution in [2.45, 2.75) is 42.5 Å². The van der Waals surface area contributed by atoms with Gasteiger partial charge >= 0.3 is 0 Å². The molecule has 0 saturated heterocycles. The van der Waals surface area contributed by atoms with Gasteiger partial charge in [0.2, 0.25) is 5.91 Å². The highest BCUT2D eigenvalue weighted by molar-refractivity contribution is 8.00. The van der Waals surface area contributed by atoms with Crippen LogP contribution >= 0.6 is 11.8 Å². The topological polar surface area (TPSA) is 69.0 Å². The normalized spacial score (nSPS) is 15.1. The zero-order valence-corrected chi connectivity index (χ0v) is 15.5. The molecular weight excluding hydrogens is 336 g/mol. The van der Waals surface area contributed by atoms with Crippen molar-refractivity contribution in [3.05, 3.63) is 36.2 Å². The second-order valence-corrected chi connectivity index (χ2v) is 7.49. The molecule has 1 aliphatic rings. The number of methoxy groups -OCH3 is 1. The number of hydrogen-bond donors (Lipinski definition) is 1. The number of carbonyl (C=O) groups is 1. The first kappa shape index (κ1) is 17.9. The molecule has 6 nitrogen and oxygen atoms in total. The maximum Gasteiger partial charge on any atom is 0.233 e. The molecule has 1 amide bonds. The Hall–Kier alpha value is -1.86. The Kier molecular flexibility index (Phi) is 6.09. The molecule has 0 bridgehead atoms. The van der Waals surface area contributed by atoms with Crippen LogP contribution in [0.5, 0.6) is 0 Å². The van der Waals surface area contributed by atoms with Crippen LogP contribution in [0.4, 0.5) is 0 Å². The van der Waals surface area contributed by atoms with Gasteiger partial charge in [-0.2, -0.15) is 0 Å². The summed E-state index contributed by atoms with van der Waals surface area (Å²) in [7, 11) is 1.66. The van der Waals surface area contributed by atoms with Crippen molar-refractivity contribution in [3.8, 4) is 5.69 Å². The number of rotatable bonds is 9. The second kappa shape index (κ2) is 8.49. The van der Waals surface area contributed by atoms with E-state index in [-0.39, 0.29) is 11.2 Å². The third kappa shape index (κ3) is 4.61. The molecule has 7 heteroatoms. The maximum atomic E-state index is 12.3. The molecule has 0 aliphatic heterocycles. The minimum atomic E-state index is -0.235. The summed E-state index contributed by atoms with van der Waals surface area (Å²) >= 11 is 1.45. The van der Waals surface area contributed by atoms with Gasteiger partial charge in [0.1, 0.15) is 5.82 Å². The van der Waals surface area contributed by atoms with Gasteiger partial charge < -0.3 is 10.1 Å². The molecule has 1 aliphatic carbocycles. The summed E-state index contributed by atoms with van der Waals surface area (Å²) in [5.74, 6) is 1.50. The fourth-order valence-corrected chi connectivity index (χ4v) is 3.47. The summed E-state index contributed by atoms with van der Waals surface area (Å²) in [6, 6.07) is 10.1. The van der Waals surface area contributed by atoms with Crippen molar-refractivity contribution in [3.63, 3.8) is 0 Å². The monoisotopic (exact) mass is 360 g/mol. The molecule has 1 aromatic heterocycles. The van der Waals surface area contributed by atoms with E-state index in [2.05, 4.69) is 32.2 Å². The number of benzene rings is 1. The van der Waals surface area contributed by atoms with Gasteiger partial charge in [0, 0.05) is 31.9 Å². The molecule has 134 valence electrons. The van der Waals surface area contributed by atoms with Crippen molar-refractivity contribution < 1.29 is 9.53 Å². The average Bonchev–Trinajstić information content (AvgIpc) is 3.40. The predicted molar refractivity (Wildman–Crippen MR) is 98.2 cm³/mol. The fraction of sp³-hybridized carbons (Fsp3) is 0.500. The highest BCUT2D eigenvalue weighted by Crippen LogP contribution is 2.41. The molecular formula is C18H24N4O2S. The molecule has 3 rings (SSSR count). The molecule has 1 fully saturated rings. The van der Waals surface area contributed by atoms with E-state index in [4.69, 9.17) is 4.74 Å². The standard InChI is InChI=1S/C18H24N4O2S/c1-13(17(23)19-11-6-12-24-2)25-18-21-20-16(14-9-10-14)22(18)15-7-4-3-5-8-15/h3-5,7-8,13-14H,6,9-12H2,1-2H3,(H,19,23). The summed E-state index contributed by atoms with van der Waals surface area (Å²) in [6.07, 6.45) is 3.13. The van der Waals surface area contributed by atoms with Crippen LogP contribution in [0.1, 0.15) is 37.9 Å². The van der Waals surface area contributed by atoms with Crippen LogP contribution in [0.3, 0.4) is 0 Å². The molecule has 2 aromatic rings. The number of amides is 1. The van der Waals surface area contributed by atoms with Crippen molar-refractivity contribution in [1.82, 2.24) is 20.1 Å². The number of hydrogen-bond acceptors (Lipinski definition) is 5. The Morgan fingerprint density at radius 3 is 2.80 bits per heavy atom. The van der Waals surface area contributed by atoms with Gasteiger partial charge in [-0.3, -0.25) is 9.36 Å². The van der Waals surface area contributed by atoms with Crippen LogP contribution in [-0.2, 0) is 9.53 Å². The smallest absolute Gasteiger partial charge is 0.233 e. The average molecular weight is 360 g/mol. The number of thioether (sulfide) groups is 1. The number of aromatic nitrogens is 3. The van der Waals surface area contributed by atoms with E-state index in [1.165, 1.54) is 11.8 Å². The molecule has 1 aromatic carbocycles. The number of nitrogens with zero attached hydrogens (tertiary/aromatic N) is 3. The molecule has 1 unspecified atom stereocenters. The number of carbonyl (C=O) groups excluding carboxylic acids is 1. The van der Waals surface area contributed by atoms with E-state index in [9.17, 15) is 4.79 Å². The van der Waals surface area contributed by atoms with Crippen LogP contribution < -0.4 is 5.32 Å². The van der Waals surface area contributed by atoms with Crippen LogP contribution in [0.25, 0.3) is 5.69 Å². The summed E-state index contributed by atoms with van der Waals surface area (Å²) in [5, 5.41) is 12.2. The van der Waals surface area contributed by atoms with Crippen molar-refractivity contribution in [2.24, 2.45) is 0 Å². The van der Waals surface area contributed by atoms with Crippen molar-refractivity contribution in [2.75, 3.05) is 20.3 Å². The Labute approximate surface area is 152 Å². The van der Waals surface area contributed by atoms with Gasteiger partial charge in [-0.15, -0.1) is 10.2 Å². The Morgan fingerprint density at radius 1 is 1.36 bits per heavy atom. The van der Waals surface area contributed by atoms with E-state index in [1.807, 2.05) is 25.1 Å². The number of ether oxygens (including phenoxy) is 1. The second-order valence-electron chi connectivity index (χ2n) is 6.18. The summed E-state index contributed by atoms with van der Waals surface area (Å²) in [4.78, 5) is 12.3. The highest BCUT2D eigenvalue weighted by Gasteiger charge is 2.31. The van der Waals surface area contributed by atoms with Gasteiger partial charge in [0.25, 0.3) is 0 Å². The lowest BCUT2D eigenvalue weighted by atomic mass is 10.3. The van der Waals surface area contributed by atoms with E-state index < -0.39 is 0 Å². The molecule has 1 atom stereocenters. The van der Waals surface area contributed by atoms with Gasteiger partial charge in [-0.05, 0) is 38.3 Å². The van der Waals surface area contributed by atoms with Crippen LogP contribution in [0.15, 0.2) is 35.5 Å². The van der Waals surface area contributed by atoms with Crippen molar-refractivity contribution in [1.29, 1.82) is 0 Å². The first-order valence-electron chi connectivity index (χ1n) is 8.64. The zero-order chi connectivity index (χ0) is 17.6. The minimum absolute atomic E-state index is 0.0108. The SMILES string of the molecule is COCCCNC(=O)C(C)Sc1nnc(C2CC2)n1-c1ccccc1. The van der Waals surface area contributed by atoms with Crippen LogP contribution in [0.2, 0.25) is 0 Å². The third-order valence-electron chi connectivity index (χ3n) is 4.09. The molecule has 1 saturated carbocycles. The zero-order valence-electron chi connectivity index (χ0n) is 14.6. The summed E-state index contributed by atoms with van der Waals surface area (Å²) in [5.41, 5.74) is 1.05. The van der Waals surface area contributed by atoms with Crippen LogP contribution in [0, 0.1) is 0 Å². The molecule has 1 N–H and O–H groups in total. The van der Waals surface area contributed by atoms with Crippen LogP contribution in [-0.4, -0.2) is 46.2 Å². The molecule has 25 heavy (non-hydrogen) atoms. The molecule has 1 heterocycles. The largest absolute Gasteiger partial charge is 0.385 e. The summed E-state index contributed by atoms with van der Waals surface area (Å²) < 4.78 is 7.09. The van der Waals surface area contributed by atoms with E-state index in [0.29, 0.717) is 19.1 Å². The van der Waals surface area contributed by atoms with Gasteiger partial charge in [-0.1, -0.05) is 30.0 Å². The fourth-order valence-electron chi connectivity index (χ4n) is 2.57. The predicted octanol–water partition coefficient (Wildman–Crippen LogP) is 2.78. The quantitative estimate of drug-likeness (QED) is 0.550. The third-order valence-corrected chi connectivity index (χ3v) is 5.13. The lowest BCUT2D eigenvalue weighted by Gasteiger charge is -2.13. The first-order valence-corrected chi connectivity index (χ1v) is 9.52. The van der Waals surface area contributed by atoms with Gasteiger partial charge in [0.15, 0.2) is 5.16 Å². The lowest BCUT2D eigenvalue weighted by molar-refractivity contribution is -0.120. The van der Waals surface area contributed by atoms with Gasteiger partial charge in [0.05, 0.1) is 5.25 Å². The highest BCUT2D eigenvalue weighted by atomic mass is 32.2. The van der Waals surface area contributed by atoms with E-state index in [0.717, 1.165) is 35.9 Å². The number of nitrogens with one attached hydrogen (secondary N) is 1. The number of para-hydroxylation sites is 1. The molecule has 0 radical (unpaired) electrons. The lowest BCUT2D eigenvalue weighted by Crippen LogP contribution is -2.32. The van der Waals surface area contributed by atoms with Crippen molar-refractivity contribution >= 4 is 17.7 Å². The maximum absolute atomic E-state index is 12.3. The minimum Gasteiger partial charge on any atom is -0.385 e. The molecule has 0 spiro atoms.